The first-order valence-corrected chi connectivity index (χ1v) is 10.6. The maximum atomic E-state index is 12.6. The number of anilines is 1. The second-order valence-corrected chi connectivity index (χ2v) is 8.57. The zero-order valence-corrected chi connectivity index (χ0v) is 18.2. The summed E-state index contributed by atoms with van der Waals surface area (Å²) in [6.45, 7) is 0.196. The van der Waals surface area contributed by atoms with Gasteiger partial charge in [0.1, 0.15) is 4.32 Å². The van der Waals surface area contributed by atoms with E-state index in [0.717, 1.165) is 5.56 Å². The molecule has 1 aliphatic rings. The van der Waals surface area contributed by atoms with Crippen molar-refractivity contribution in [1.82, 2.24) is 4.90 Å². The molecule has 0 spiro atoms. The SMILES string of the molecule is O=C(CCN1C(=O)/C(=C/C=C/c2ccccc2)SC1=S)Nc1ccc(Cl)cc1Cl. The molecule has 0 aliphatic carbocycles. The number of hydrogen-bond donors (Lipinski definition) is 1. The van der Waals surface area contributed by atoms with E-state index in [4.69, 9.17) is 35.4 Å². The fourth-order valence-electron chi connectivity index (χ4n) is 2.53. The number of allylic oxidation sites excluding steroid dienone is 2. The smallest absolute Gasteiger partial charge is 0.266 e. The highest BCUT2D eigenvalue weighted by Crippen LogP contribution is 2.31. The van der Waals surface area contributed by atoms with E-state index in [1.54, 1.807) is 24.3 Å². The Bertz CT molecular complexity index is 1010. The molecule has 0 aromatic heterocycles. The number of rotatable bonds is 6. The molecule has 1 aliphatic heterocycles. The van der Waals surface area contributed by atoms with Crippen molar-refractivity contribution in [1.29, 1.82) is 0 Å². The van der Waals surface area contributed by atoms with Crippen molar-refractivity contribution in [3.05, 3.63) is 81.2 Å². The zero-order chi connectivity index (χ0) is 20.8. The summed E-state index contributed by atoms with van der Waals surface area (Å²) in [5, 5.41) is 3.55. The van der Waals surface area contributed by atoms with Crippen molar-refractivity contribution < 1.29 is 9.59 Å². The second-order valence-electron chi connectivity index (χ2n) is 6.05. The van der Waals surface area contributed by atoms with Crippen LogP contribution in [0.25, 0.3) is 6.08 Å². The number of nitrogens with zero attached hydrogens (tertiary/aromatic N) is 1. The minimum absolute atomic E-state index is 0.0958. The van der Waals surface area contributed by atoms with Gasteiger partial charge >= 0.3 is 0 Å². The number of amides is 2. The molecule has 3 rings (SSSR count). The normalized spacial score (nSPS) is 15.5. The van der Waals surface area contributed by atoms with Gasteiger partial charge in [-0.3, -0.25) is 14.5 Å². The summed E-state index contributed by atoms with van der Waals surface area (Å²) >= 11 is 18.4. The maximum Gasteiger partial charge on any atom is 0.266 e. The monoisotopic (exact) mass is 462 g/mol. The lowest BCUT2D eigenvalue weighted by Crippen LogP contribution is -2.31. The molecule has 29 heavy (non-hydrogen) atoms. The standard InChI is InChI=1S/C21H16Cl2N2O2S2/c22-15-9-10-17(16(23)13-15)24-19(26)11-12-25-20(27)18(29-21(25)28)8-4-7-14-5-2-1-3-6-14/h1-10,13H,11-12H2,(H,24,26)/b7-4+,18-8-. The fraction of sp³-hybridized carbons (Fsp3) is 0.0952. The van der Waals surface area contributed by atoms with Gasteiger partial charge in [-0.15, -0.1) is 0 Å². The molecule has 1 heterocycles. The predicted octanol–water partition coefficient (Wildman–Crippen LogP) is 5.78. The first-order valence-electron chi connectivity index (χ1n) is 8.66. The van der Waals surface area contributed by atoms with Crippen LogP contribution in [0.15, 0.2) is 65.6 Å². The average molecular weight is 463 g/mol. The largest absolute Gasteiger partial charge is 0.325 e. The highest BCUT2D eigenvalue weighted by Gasteiger charge is 2.31. The summed E-state index contributed by atoms with van der Waals surface area (Å²) in [5.74, 6) is -0.466. The van der Waals surface area contributed by atoms with Gasteiger partial charge in [0, 0.05) is 18.0 Å². The molecule has 0 radical (unpaired) electrons. The summed E-state index contributed by atoms with van der Waals surface area (Å²) in [5.41, 5.74) is 1.51. The number of halogens is 2. The van der Waals surface area contributed by atoms with Gasteiger partial charge in [0.15, 0.2) is 0 Å². The van der Waals surface area contributed by atoms with E-state index in [0.29, 0.717) is 25.0 Å². The summed E-state index contributed by atoms with van der Waals surface area (Å²) < 4.78 is 0.437. The molecule has 1 fully saturated rings. The summed E-state index contributed by atoms with van der Waals surface area (Å²) in [6, 6.07) is 14.6. The molecule has 148 valence electrons. The number of thiocarbonyl (C=S) groups is 1. The lowest BCUT2D eigenvalue weighted by Gasteiger charge is -2.14. The molecular weight excluding hydrogens is 447 g/mol. The Balaban J connectivity index is 1.56. The Hall–Kier alpha value is -2.12. The maximum absolute atomic E-state index is 12.6. The molecule has 0 saturated carbocycles. The lowest BCUT2D eigenvalue weighted by molar-refractivity contribution is -0.122. The van der Waals surface area contributed by atoms with Crippen molar-refractivity contribution in [2.75, 3.05) is 11.9 Å². The third-order valence-electron chi connectivity index (χ3n) is 3.98. The minimum atomic E-state index is -0.267. The average Bonchev–Trinajstić information content (AvgIpc) is 2.96. The molecule has 2 amide bonds. The van der Waals surface area contributed by atoms with Gasteiger partial charge < -0.3 is 5.32 Å². The van der Waals surface area contributed by atoms with E-state index in [2.05, 4.69) is 5.32 Å². The molecule has 0 bridgehead atoms. The molecule has 2 aromatic carbocycles. The van der Waals surface area contributed by atoms with Gasteiger partial charge in [-0.1, -0.05) is 89.7 Å². The van der Waals surface area contributed by atoms with Crippen LogP contribution >= 0.6 is 47.2 Å². The summed E-state index contributed by atoms with van der Waals surface area (Å²) in [4.78, 5) is 26.7. The van der Waals surface area contributed by atoms with Crippen LogP contribution in [0.5, 0.6) is 0 Å². The molecule has 1 saturated heterocycles. The number of nitrogens with one attached hydrogen (secondary N) is 1. The van der Waals surface area contributed by atoms with Gasteiger partial charge in [-0.05, 0) is 29.8 Å². The number of thioether (sulfide) groups is 1. The Kier molecular flexibility index (Phi) is 7.50. The third kappa shape index (κ3) is 5.93. The molecular formula is C21H16Cl2N2O2S2. The number of carbonyl (C=O) groups is 2. The van der Waals surface area contributed by atoms with Crippen LogP contribution in [0.1, 0.15) is 12.0 Å². The van der Waals surface area contributed by atoms with Crippen LogP contribution in [0, 0.1) is 0 Å². The van der Waals surface area contributed by atoms with Crippen molar-refractivity contribution in [2.45, 2.75) is 6.42 Å². The fourth-order valence-corrected chi connectivity index (χ4v) is 4.25. The van der Waals surface area contributed by atoms with Crippen molar-refractivity contribution in [2.24, 2.45) is 0 Å². The Morgan fingerprint density at radius 1 is 1.17 bits per heavy atom. The third-order valence-corrected chi connectivity index (χ3v) is 5.92. The number of benzene rings is 2. The van der Waals surface area contributed by atoms with Crippen molar-refractivity contribution >= 4 is 75.1 Å². The van der Waals surface area contributed by atoms with Crippen LogP contribution in [-0.4, -0.2) is 27.6 Å². The van der Waals surface area contributed by atoms with Gasteiger partial charge in [0.25, 0.3) is 5.91 Å². The zero-order valence-electron chi connectivity index (χ0n) is 15.1. The van der Waals surface area contributed by atoms with E-state index in [1.807, 2.05) is 42.5 Å². The van der Waals surface area contributed by atoms with Gasteiger partial charge in [0.2, 0.25) is 5.91 Å². The Morgan fingerprint density at radius 2 is 1.93 bits per heavy atom. The number of carbonyl (C=O) groups excluding carboxylic acids is 2. The summed E-state index contributed by atoms with van der Waals surface area (Å²) in [7, 11) is 0. The quantitative estimate of drug-likeness (QED) is 0.436. The highest BCUT2D eigenvalue weighted by molar-refractivity contribution is 8.26. The molecule has 1 N–H and O–H groups in total. The minimum Gasteiger partial charge on any atom is -0.325 e. The number of hydrogen-bond acceptors (Lipinski definition) is 4. The van der Waals surface area contributed by atoms with Crippen molar-refractivity contribution in [3.8, 4) is 0 Å². The van der Waals surface area contributed by atoms with E-state index in [9.17, 15) is 9.59 Å². The second kappa shape index (κ2) is 10.1. The highest BCUT2D eigenvalue weighted by atomic mass is 35.5. The first-order chi connectivity index (χ1) is 13.9. The van der Waals surface area contributed by atoms with Crippen LogP contribution in [0.3, 0.4) is 0 Å². The topological polar surface area (TPSA) is 49.4 Å². The van der Waals surface area contributed by atoms with E-state index < -0.39 is 0 Å². The molecule has 0 unspecified atom stereocenters. The van der Waals surface area contributed by atoms with Gasteiger partial charge in [0.05, 0.1) is 15.6 Å². The predicted molar refractivity (Wildman–Crippen MR) is 125 cm³/mol. The first kappa shape index (κ1) is 21.6. The van der Waals surface area contributed by atoms with Crippen LogP contribution in [0.2, 0.25) is 10.0 Å². The molecule has 2 aromatic rings. The van der Waals surface area contributed by atoms with Crippen molar-refractivity contribution in [3.63, 3.8) is 0 Å². The van der Waals surface area contributed by atoms with E-state index >= 15 is 0 Å². The van der Waals surface area contributed by atoms with Crippen LogP contribution in [0.4, 0.5) is 5.69 Å². The lowest BCUT2D eigenvalue weighted by atomic mass is 10.2. The summed E-state index contributed by atoms with van der Waals surface area (Å²) in [6.07, 6.45) is 5.56. The molecule has 8 heteroatoms. The molecule has 0 atom stereocenters. The van der Waals surface area contributed by atoms with Gasteiger partial charge in [-0.2, -0.15) is 0 Å². The van der Waals surface area contributed by atoms with Crippen LogP contribution in [-0.2, 0) is 9.59 Å². The Labute approximate surface area is 188 Å². The molecule has 4 nitrogen and oxygen atoms in total. The van der Waals surface area contributed by atoms with E-state index in [1.165, 1.54) is 16.7 Å². The van der Waals surface area contributed by atoms with Gasteiger partial charge in [-0.25, -0.2) is 0 Å². The van der Waals surface area contributed by atoms with Crippen LogP contribution < -0.4 is 5.32 Å². The van der Waals surface area contributed by atoms with E-state index in [-0.39, 0.29) is 24.8 Å². The Morgan fingerprint density at radius 3 is 2.66 bits per heavy atom.